The molecule has 2 aromatic heterocycles. The van der Waals surface area contributed by atoms with Crippen molar-refractivity contribution in [2.45, 2.75) is 64.3 Å². The first-order valence-corrected chi connectivity index (χ1v) is 12.4. The van der Waals surface area contributed by atoms with Crippen LogP contribution in [-0.2, 0) is 28.8 Å². The number of H-pyrrole nitrogens is 1. The van der Waals surface area contributed by atoms with E-state index >= 15 is 0 Å². The Morgan fingerprint density at radius 1 is 1.22 bits per heavy atom. The number of aromatic nitrogens is 6. The lowest BCUT2D eigenvalue weighted by Crippen LogP contribution is -2.24. The molecule has 12 heteroatoms. The lowest BCUT2D eigenvalue weighted by Gasteiger charge is -2.23. The number of hydrogen-bond donors (Lipinski definition) is 4. The smallest absolute Gasteiger partial charge is 0.303 e. The largest absolute Gasteiger partial charge is 0.496 e. The maximum atomic E-state index is 11.4. The Morgan fingerprint density at radius 2 is 2.05 bits per heavy atom. The van der Waals surface area contributed by atoms with E-state index in [-0.39, 0.29) is 24.8 Å². The summed E-state index contributed by atoms with van der Waals surface area (Å²) in [5.74, 6) is 1.08. The van der Waals surface area contributed by atoms with E-state index in [1.165, 1.54) is 0 Å². The maximum Gasteiger partial charge on any atom is 0.303 e. The number of nitrogens with one attached hydrogen (secondary N) is 2. The third-order valence-electron chi connectivity index (χ3n) is 6.07. The first-order valence-electron chi connectivity index (χ1n) is 12.4. The number of nitrogens with two attached hydrogens (primary N) is 1. The van der Waals surface area contributed by atoms with Crippen molar-refractivity contribution in [3.63, 3.8) is 0 Å². The van der Waals surface area contributed by atoms with Gasteiger partial charge in [0.15, 0.2) is 5.82 Å². The summed E-state index contributed by atoms with van der Waals surface area (Å²) in [7, 11) is 3.30. The van der Waals surface area contributed by atoms with Crippen LogP contribution in [0.1, 0.15) is 67.2 Å². The Morgan fingerprint density at radius 3 is 2.73 bits per heavy atom. The van der Waals surface area contributed by atoms with Crippen molar-refractivity contribution in [2.24, 2.45) is 0 Å². The van der Waals surface area contributed by atoms with Gasteiger partial charge in [-0.15, -0.1) is 10.2 Å². The molecule has 1 atom stereocenters. The van der Waals surface area contributed by atoms with E-state index in [1.807, 2.05) is 18.2 Å². The monoisotopic (exact) mass is 512 g/mol. The Bertz CT molecular complexity index is 1130. The fraction of sp³-hybridized carbons (Fsp3) is 0.520. The predicted molar refractivity (Wildman–Crippen MR) is 139 cm³/mol. The van der Waals surface area contributed by atoms with Gasteiger partial charge in [0.25, 0.3) is 0 Å². The molecule has 5 N–H and O–H groups in total. The van der Waals surface area contributed by atoms with E-state index < -0.39 is 5.97 Å². The summed E-state index contributed by atoms with van der Waals surface area (Å²) < 4.78 is 11.0. The van der Waals surface area contributed by atoms with Crippen molar-refractivity contribution in [2.75, 3.05) is 31.9 Å². The van der Waals surface area contributed by atoms with Crippen LogP contribution in [0.2, 0.25) is 0 Å². The normalized spacial score (nSPS) is 11.9. The molecule has 0 aliphatic carbocycles. The molecule has 0 bridgehead atoms. The van der Waals surface area contributed by atoms with Gasteiger partial charge in [-0.25, -0.2) is 4.98 Å². The van der Waals surface area contributed by atoms with E-state index in [0.29, 0.717) is 42.5 Å². The highest BCUT2D eigenvalue weighted by Crippen LogP contribution is 2.30. The van der Waals surface area contributed by atoms with Gasteiger partial charge in [0.05, 0.1) is 19.2 Å². The van der Waals surface area contributed by atoms with E-state index in [2.05, 4.69) is 42.8 Å². The number of hydrogen-bond acceptors (Lipinski definition) is 10. The molecule has 0 fully saturated rings. The molecule has 2 heterocycles. The summed E-state index contributed by atoms with van der Waals surface area (Å²) >= 11 is 0. The van der Waals surface area contributed by atoms with Crippen molar-refractivity contribution in [1.29, 1.82) is 0 Å². The number of unbranched alkanes of at least 4 members (excludes halogenated alkanes) is 1. The van der Waals surface area contributed by atoms with Crippen molar-refractivity contribution in [3.8, 4) is 5.75 Å². The number of tetrazole rings is 1. The molecule has 0 saturated heterocycles. The number of aryl methyl sites for hydroxylation is 1. The van der Waals surface area contributed by atoms with Crippen LogP contribution in [0.25, 0.3) is 0 Å². The summed E-state index contributed by atoms with van der Waals surface area (Å²) in [6.07, 6.45) is 4.94. The number of carbonyl (C=O) groups is 1. The van der Waals surface area contributed by atoms with Gasteiger partial charge in [0.2, 0.25) is 5.95 Å². The van der Waals surface area contributed by atoms with E-state index in [9.17, 15) is 9.90 Å². The number of aliphatic carboxylic acids is 1. The van der Waals surface area contributed by atoms with Gasteiger partial charge in [-0.05, 0) is 30.0 Å². The standard InChI is InChI=1S/C25H36N8O4/c1-4-5-6-18(11-12-36-2)27-24-19(20(8-10-23(34)35)28-25(26)29-24)15-17-13-16(7-9-21(17)37-3)14-22-30-32-33-31-22/h7,9,13,18H,4-6,8,10-12,14-15H2,1-3H3,(H,34,35)(H3,26,27,28,29)(H,30,31,32,33). The summed E-state index contributed by atoms with van der Waals surface area (Å²) in [4.78, 5) is 20.4. The average Bonchev–Trinajstić information content (AvgIpc) is 3.39. The van der Waals surface area contributed by atoms with Crippen LogP contribution >= 0.6 is 0 Å². The van der Waals surface area contributed by atoms with Crippen LogP contribution in [0.4, 0.5) is 11.8 Å². The first kappa shape index (κ1) is 27.8. The molecule has 1 aromatic carbocycles. The van der Waals surface area contributed by atoms with Gasteiger partial charge in [0.1, 0.15) is 11.6 Å². The van der Waals surface area contributed by atoms with E-state index in [1.54, 1.807) is 14.2 Å². The Kier molecular flexibility index (Phi) is 10.6. The zero-order valence-electron chi connectivity index (χ0n) is 21.7. The van der Waals surface area contributed by atoms with Crippen molar-refractivity contribution in [3.05, 3.63) is 46.4 Å². The summed E-state index contributed by atoms with van der Waals surface area (Å²) in [5.41, 5.74) is 9.36. The van der Waals surface area contributed by atoms with E-state index in [0.717, 1.165) is 42.4 Å². The molecule has 200 valence electrons. The number of carboxylic acids is 1. The highest BCUT2D eigenvalue weighted by Gasteiger charge is 2.20. The minimum Gasteiger partial charge on any atom is -0.496 e. The Hall–Kier alpha value is -3.80. The van der Waals surface area contributed by atoms with E-state index in [4.69, 9.17) is 15.2 Å². The molecule has 37 heavy (non-hydrogen) atoms. The maximum absolute atomic E-state index is 11.4. The van der Waals surface area contributed by atoms with Gasteiger partial charge < -0.3 is 25.6 Å². The lowest BCUT2D eigenvalue weighted by molar-refractivity contribution is -0.136. The topological polar surface area (TPSA) is 174 Å². The Balaban J connectivity index is 2.01. The quantitative estimate of drug-likeness (QED) is 0.222. The number of benzene rings is 1. The second-order valence-electron chi connectivity index (χ2n) is 8.84. The first-order chi connectivity index (χ1) is 17.9. The van der Waals surface area contributed by atoms with Crippen LogP contribution in [-0.4, -0.2) is 68.5 Å². The second kappa shape index (κ2) is 14.1. The van der Waals surface area contributed by atoms with Crippen LogP contribution < -0.4 is 15.8 Å². The molecule has 12 nitrogen and oxygen atoms in total. The lowest BCUT2D eigenvalue weighted by atomic mass is 9.97. The third kappa shape index (κ3) is 8.38. The average molecular weight is 513 g/mol. The van der Waals surface area contributed by atoms with Gasteiger partial charge in [0, 0.05) is 44.6 Å². The number of anilines is 2. The van der Waals surface area contributed by atoms with Crippen molar-refractivity contribution in [1.82, 2.24) is 30.6 Å². The molecular formula is C25H36N8O4. The Labute approximate surface area is 216 Å². The summed E-state index contributed by atoms with van der Waals surface area (Å²) in [6, 6.07) is 5.99. The number of ether oxygens (including phenoxy) is 2. The predicted octanol–water partition coefficient (Wildman–Crippen LogP) is 2.79. The van der Waals surface area contributed by atoms with Gasteiger partial charge in [-0.2, -0.15) is 10.2 Å². The minimum absolute atomic E-state index is 0.0686. The van der Waals surface area contributed by atoms with Gasteiger partial charge in [-0.1, -0.05) is 37.1 Å². The summed E-state index contributed by atoms with van der Waals surface area (Å²) in [5, 5.41) is 27.1. The number of carboxylic acid groups (broad SMARTS) is 1. The van der Waals surface area contributed by atoms with Crippen LogP contribution in [0.3, 0.4) is 0 Å². The third-order valence-corrected chi connectivity index (χ3v) is 6.07. The molecule has 0 spiro atoms. The number of nitrogens with zero attached hydrogens (tertiary/aromatic N) is 5. The SMILES string of the molecule is CCCCC(CCOC)Nc1nc(N)nc(CCC(=O)O)c1Cc1cc(Cc2nn[nH]n2)ccc1OC. The molecule has 0 amide bonds. The number of methoxy groups -OCH3 is 2. The van der Waals surface area contributed by atoms with Crippen LogP contribution in [0.15, 0.2) is 18.2 Å². The van der Waals surface area contributed by atoms with Crippen LogP contribution in [0, 0.1) is 0 Å². The molecule has 3 aromatic rings. The molecule has 0 aliphatic rings. The highest BCUT2D eigenvalue weighted by atomic mass is 16.5. The molecule has 3 rings (SSSR count). The van der Waals surface area contributed by atoms with Gasteiger partial charge in [-0.3, -0.25) is 4.79 Å². The summed E-state index contributed by atoms with van der Waals surface area (Å²) in [6.45, 7) is 2.76. The number of aromatic amines is 1. The van der Waals surface area contributed by atoms with Gasteiger partial charge >= 0.3 is 5.97 Å². The molecule has 1 unspecified atom stereocenters. The van der Waals surface area contributed by atoms with Crippen LogP contribution in [0.5, 0.6) is 5.75 Å². The molecule has 0 aliphatic heterocycles. The molecular weight excluding hydrogens is 476 g/mol. The fourth-order valence-corrected chi connectivity index (χ4v) is 4.19. The van der Waals surface area contributed by atoms with Crippen molar-refractivity contribution < 1.29 is 19.4 Å². The zero-order chi connectivity index (χ0) is 26.6. The molecule has 0 radical (unpaired) electrons. The second-order valence-corrected chi connectivity index (χ2v) is 8.84. The number of nitrogen functional groups attached to an aromatic ring is 1. The molecule has 0 saturated carbocycles. The number of rotatable bonds is 16. The highest BCUT2D eigenvalue weighted by molar-refractivity contribution is 5.67. The minimum atomic E-state index is -0.904. The zero-order valence-corrected chi connectivity index (χ0v) is 21.7. The fourth-order valence-electron chi connectivity index (χ4n) is 4.19. The van der Waals surface area contributed by atoms with Crippen molar-refractivity contribution >= 4 is 17.7 Å².